The van der Waals surface area contributed by atoms with Gasteiger partial charge in [-0.05, 0) is 38.8 Å². The minimum atomic E-state index is -3.61. The maximum Gasteiger partial charge on any atom is 0.244 e. The van der Waals surface area contributed by atoms with Crippen molar-refractivity contribution < 1.29 is 13.2 Å². The van der Waals surface area contributed by atoms with Crippen LogP contribution in [0.15, 0.2) is 29.2 Å². The summed E-state index contributed by atoms with van der Waals surface area (Å²) in [7, 11) is -3.61. The van der Waals surface area contributed by atoms with Crippen LogP contribution in [0.5, 0.6) is 0 Å². The Hall–Kier alpha value is -1.15. The number of benzene rings is 1. The van der Waals surface area contributed by atoms with Crippen molar-refractivity contribution in [2.45, 2.75) is 62.9 Å². The van der Waals surface area contributed by atoms with Gasteiger partial charge in [0.2, 0.25) is 15.9 Å². The number of piperazine rings is 1. The van der Waals surface area contributed by atoms with Gasteiger partial charge in [0.15, 0.2) is 0 Å². The zero-order valence-corrected chi connectivity index (χ0v) is 19.0. The zero-order chi connectivity index (χ0) is 21.0. The van der Waals surface area contributed by atoms with Crippen LogP contribution in [0.2, 0.25) is 5.02 Å². The Bertz CT molecular complexity index is 801. The van der Waals surface area contributed by atoms with E-state index in [1.165, 1.54) is 29.6 Å². The van der Waals surface area contributed by atoms with Crippen molar-refractivity contribution in [3.8, 4) is 0 Å². The van der Waals surface area contributed by atoms with E-state index in [0.717, 1.165) is 12.8 Å². The van der Waals surface area contributed by atoms with Gasteiger partial charge in [-0.15, -0.1) is 0 Å². The molecule has 0 unspecified atom stereocenters. The second-order valence-corrected chi connectivity index (χ2v) is 10.6. The van der Waals surface area contributed by atoms with Gasteiger partial charge < -0.3 is 4.90 Å². The van der Waals surface area contributed by atoms with Crippen molar-refractivity contribution in [3.63, 3.8) is 0 Å². The molecule has 2 aliphatic rings. The lowest BCUT2D eigenvalue weighted by atomic mass is 9.93. The second-order valence-electron chi connectivity index (χ2n) is 8.30. The van der Waals surface area contributed by atoms with Crippen LogP contribution in [0.4, 0.5) is 0 Å². The van der Waals surface area contributed by atoms with Crippen molar-refractivity contribution in [2.75, 3.05) is 32.7 Å². The highest BCUT2D eigenvalue weighted by Gasteiger charge is 2.32. The summed E-state index contributed by atoms with van der Waals surface area (Å²) in [6, 6.07) is 7.07. The average molecular weight is 442 g/mol. The van der Waals surface area contributed by atoms with Crippen LogP contribution in [-0.4, -0.2) is 73.2 Å². The molecule has 162 valence electrons. The number of amides is 1. The zero-order valence-electron chi connectivity index (χ0n) is 17.4. The third-order valence-electron chi connectivity index (χ3n) is 5.96. The van der Waals surface area contributed by atoms with Gasteiger partial charge in [-0.25, -0.2) is 8.42 Å². The van der Waals surface area contributed by atoms with Gasteiger partial charge in [-0.3, -0.25) is 9.69 Å². The number of rotatable bonds is 6. The Morgan fingerprint density at radius 3 is 2.31 bits per heavy atom. The molecule has 3 rings (SSSR count). The van der Waals surface area contributed by atoms with E-state index in [1.54, 1.807) is 18.2 Å². The fourth-order valence-corrected chi connectivity index (χ4v) is 6.38. The summed E-state index contributed by atoms with van der Waals surface area (Å²) < 4.78 is 27.2. The highest BCUT2D eigenvalue weighted by Crippen LogP contribution is 2.26. The number of hydrogen-bond donors (Lipinski definition) is 0. The number of halogens is 1. The van der Waals surface area contributed by atoms with E-state index in [-0.39, 0.29) is 21.9 Å². The van der Waals surface area contributed by atoms with Gasteiger partial charge in [0.25, 0.3) is 0 Å². The first-order valence-corrected chi connectivity index (χ1v) is 12.4. The van der Waals surface area contributed by atoms with E-state index in [1.807, 2.05) is 0 Å². The molecule has 1 aliphatic heterocycles. The summed E-state index contributed by atoms with van der Waals surface area (Å²) in [5.41, 5.74) is 0. The highest BCUT2D eigenvalue weighted by atomic mass is 35.5. The molecule has 1 aromatic carbocycles. The first kappa shape index (κ1) is 22.5. The van der Waals surface area contributed by atoms with Gasteiger partial charge in [-0.2, -0.15) is 4.31 Å². The molecule has 1 aliphatic carbocycles. The van der Waals surface area contributed by atoms with Crippen molar-refractivity contribution in [1.82, 2.24) is 14.1 Å². The van der Waals surface area contributed by atoms with Crippen LogP contribution in [0.3, 0.4) is 0 Å². The smallest absolute Gasteiger partial charge is 0.244 e. The third-order valence-corrected chi connectivity index (χ3v) is 8.36. The molecular weight excluding hydrogens is 410 g/mol. The van der Waals surface area contributed by atoms with Crippen LogP contribution in [0.1, 0.15) is 46.0 Å². The van der Waals surface area contributed by atoms with E-state index in [2.05, 4.69) is 23.6 Å². The molecule has 1 saturated heterocycles. The Kier molecular flexibility index (Phi) is 7.59. The Morgan fingerprint density at radius 2 is 1.72 bits per heavy atom. The molecule has 2 fully saturated rings. The first-order chi connectivity index (χ1) is 13.8. The lowest BCUT2D eigenvalue weighted by Gasteiger charge is -2.40. The number of nitrogens with zero attached hydrogens (tertiary/aromatic N) is 3. The van der Waals surface area contributed by atoms with Crippen LogP contribution in [0, 0.1) is 0 Å². The minimum Gasteiger partial charge on any atom is -0.336 e. The van der Waals surface area contributed by atoms with Crippen molar-refractivity contribution in [2.24, 2.45) is 0 Å². The van der Waals surface area contributed by atoms with Gasteiger partial charge >= 0.3 is 0 Å². The summed E-state index contributed by atoms with van der Waals surface area (Å²) in [6.45, 7) is 6.35. The molecule has 0 radical (unpaired) electrons. The second kappa shape index (κ2) is 9.77. The lowest BCUT2D eigenvalue weighted by Crippen LogP contribution is -2.54. The SMILES string of the molecule is CC(C)N(C(=O)CN1CCN(S(=O)(=O)c2ccccc2Cl)CC1)C1CCCCC1. The lowest BCUT2D eigenvalue weighted by molar-refractivity contribution is -0.137. The molecule has 0 spiro atoms. The minimum absolute atomic E-state index is 0.148. The topological polar surface area (TPSA) is 60.9 Å². The van der Waals surface area contributed by atoms with Crippen molar-refractivity contribution >= 4 is 27.5 Å². The quantitative estimate of drug-likeness (QED) is 0.680. The van der Waals surface area contributed by atoms with Gasteiger partial charge in [0.05, 0.1) is 11.6 Å². The van der Waals surface area contributed by atoms with Gasteiger partial charge in [0, 0.05) is 38.3 Å². The number of carbonyl (C=O) groups is 1. The number of sulfonamides is 1. The summed E-state index contributed by atoms with van der Waals surface area (Å²) in [5, 5.41) is 0.241. The predicted molar refractivity (Wildman–Crippen MR) is 116 cm³/mol. The van der Waals surface area contributed by atoms with Crippen LogP contribution >= 0.6 is 11.6 Å². The molecule has 0 atom stereocenters. The normalized spacial score (nSPS) is 20.1. The molecule has 1 aromatic rings. The van der Waals surface area contributed by atoms with Crippen LogP contribution in [-0.2, 0) is 14.8 Å². The molecule has 6 nitrogen and oxygen atoms in total. The number of hydrogen-bond acceptors (Lipinski definition) is 4. The summed E-state index contributed by atoms with van der Waals surface area (Å²) in [6.07, 6.45) is 5.83. The fourth-order valence-electron chi connectivity index (χ4n) is 4.47. The van der Waals surface area contributed by atoms with Crippen LogP contribution < -0.4 is 0 Å². The first-order valence-electron chi connectivity index (χ1n) is 10.6. The molecule has 1 amide bonds. The van der Waals surface area contributed by atoms with Crippen molar-refractivity contribution in [3.05, 3.63) is 29.3 Å². The Morgan fingerprint density at radius 1 is 1.10 bits per heavy atom. The average Bonchev–Trinajstić information content (AvgIpc) is 2.69. The molecule has 1 saturated carbocycles. The van der Waals surface area contributed by atoms with Crippen molar-refractivity contribution in [1.29, 1.82) is 0 Å². The molecule has 8 heteroatoms. The maximum absolute atomic E-state index is 13.0. The molecule has 1 heterocycles. The largest absolute Gasteiger partial charge is 0.336 e. The highest BCUT2D eigenvalue weighted by molar-refractivity contribution is 7.89. The third kappa shape index (κ3) is 5.32. The molecular formula is C21H32ClN3O3S. The standard InChI is InChI=1S/C21H32ClN3O3S/c1-17(2)25(18-8-4-3-5-9-18)21(26)16-23-12-14-24(15-13-23)29(27,28)20-11-7-6-10-19(20)22/h6-7,10-11,17-18H,3-5,8-9,12-16H2,1-2H3. The van der Waals surface area contributed by atoms with E-state index < -0.39 is 10.0 Å². The molecule has 29 heavy (non-hydrogen) atoms. The van der Waals surface area contributed by atoms with Gasteiger partial charge in [0.1, 0.15) is 4.90 Å². The molecule has 0 N–H and O–H groups in total. The Labute approximate surface area is 179 Å². The van der Waals surface area contributed by atoms with E-state index >= 15 is 0 Å². The summed E-state index contributed by atoms with van der Waals surface area (Å²) >= 11 is 6.10. The molecule has 0 aromatic heterocycles. The van der Waals surface area contributed by atoms with Gasteiger partial charge in [-0.1, -0.05) is 43.0 Å². The van der Waals surface area contributed by atoms with Crippen LogP contribution in [0.25, 0.3) is 0 Å². The van der Waals surface area contributed by atoms with E-state index in [4.69, 9.17) is 11.6 Å². The summed E-state index contributed by atoms with van der Waals surface area (Å²) in [5.74, 6) is 0.161. The number of carbonyl (C=O) groups excluding carboxylic acids is 1. The fraction of sp³-hybridized carbons (Fsp3) is 0.667. The molecule has 0 bridgehead atoms. The van der Waals surface area contributed by atoms with E-state index in [9.17, 15) is 13.2 Å². The summed E-state index contributed by atoms with van der Waals surface area (Å²) in [4.78, 5) is 17.3. The Balaban J connectivity index is 1.59. The maximum atomic E-state index is 13.0. The monoisotopic (exact) mass is 441 g/mol. The predicted octanol–water partition coefficient (Wildman–Crippen LogP) is 3.22. The van der Waals surface area contributed by atoms with E-state index in [0.29, 0.717) is 38.8 Å².